The number of ether oxygens (including phenoxy) is 1. The Balaban J connectivity index is 1.36. The average Bonchev–Trinajstić information content (AvgIpc) is 3.72. The van der Waals surface area contributed by atoms with E-state index in [-0.39, 0.29) is 11.8 Å². The zero-order valence-corrected chi connectivity index (χ0v) is 25.8. The normalized spacial score (nSPS) is 17.4. The summed E-state index contributed by atoms with van der Waals surface area (Å²) in [6, 6.07) is 6.40. The molecule has 5 aromatic rings. The minimum Gasteiger partial charge on any atom is -0.496 e. The van der Waals surface area contributed by atoms with Gasteiger partial charge in [0.2, 0.25) is 0 Å². The van der Waals surface area contributed by atoms with Crippen molar-refractivity contribution in [2.45, 2.75) is 52.5 Å². The number of fused-ring (bicyclic) bond motifs is 3. The molecule has 2 aliphatic heterocycles. The number of carbonyl (C=O) groups is 1. The van der Waals surface area contributed by atoms with E-state index in [4.69, 9.17) is 19.8 Å². The summed E-state index contributed by atoms with van der Waals surface area (Å²) in [5.74, 6) is 1.68. The molecule has 5 aromatic heterocycles. The summed E-state index contributed by atoms with van der Waals surface area (Å²) in [4.78, 5) is 33.0. The van der Waals surface area contributed by atoms with Gasteiger partial charge in [0.25, 0.3) is 5.91 Å². The first-order valence-electron chi connectivity index (χ1n) is 15.1. The van der Waals surface area contributed by atoms with E-state index in [0.717, 1.165) is 81.9 Å². The number of amides is 1. The van der Waals surface area contributed by atoms with Crippen molar-refractivity contribution in [1.29, 1.82) is 0 Å². The van der Waals surface area contributed by atoms with Crippen LogP contribution in [0.4, 0.5) is 0 Å². The van der Waals surface area contributed by atoms with Crippen LogP contribution in [0.25, 0.3) is 38.9 Å². The minimum absolute atomic E-state index is 0.111. The molecule has 1 atom stereocenters. The number of rotatable bonds is 5. The summed E-state index contributed by atoms with van der Waals surface area (Å²) in [7, 11) is 3.65. The molecule has 0 aliphatic carbocycles. The molecular weight excluding hydrogens is 540 g/mol. The molecule has 0 N–H and O–H groups in total. The molecule has 2 saturated heterocycles. The van der Waals surface area contributed by atoms with E-state index in [2.05, 4.69) is 46.2 Å². The van der Waals surface area contributed by atoms with Gasteiger partial charge >= 0.3 is 0 Å². The second kappa shape index (κ2) is 10.4. The Morgan fingerprint density at radius 2 is 1.91 bits per heavy atom. The highest BCUT2D eigenvalue weighted by Crippen LogP contribution is 2.35. The van der Waals surface area contributed by atoms with Gasteiger partial charge in [-0.3, -0.25) is 19.7 Å². The molecular formula is C33H38N8O2. The first kappa shape index (κ1) is 27.5. The van der Waals surface area contributed by atoms with Crippen LogP contribution in [0.1, 0.15) is 60.0 Å². The molecule has 0 spiro atoms. The molecule has 2 aliphatic rings. The molecule has 7 rings (SSSR count). The van der Waals surface area contributed by atoms with Crippen molar-refractivity contribution in [2.75, 3.05) is 33.3 Å². The lowest BCUT2D eigenvalue weighted by molar-refractivity contribution is 0.0562. The Bertz CT molecular complexity index is 1890. The number of hydrogen-bond acceptors (Lipinski definition) is 7. The number of aryl methyl sites for hydroxylation is 3. The molecule has 0 aromatic carbocycles. The summed E-state index contributed by atoms with van der Waals surface area (Å²) in [6.07, 6.45) is 7.72. The largest absolute Gasteiger partial charge is 0.496 e. The summed E-state index contributed by atoms with van der Waals surface area (Å²) in [5.41, 5.74) is 7.02. The molecule has 10 heteroatoms. The SMILES string of the molecule is COc1ccncc1-c1cc2c(cnn2-c2cc3c(c(C(C)C)n2)c(C)c(C(=O)N2CCN4CCC[C@H]4C2)n3C)c(C)n1. The van der Waals surface area contributed by atoms with Gasteiger partial charge in [-0.1, -0.05) is 13.8 Å². The quantitative estimate of drug-likeness (QED) is 0.289. The van der Waals surface area contributed by atoms with Gasteiger partial charge in [0, 0.05) is 67.7 Å². The maximum absolute atomic E-state index is 14.1. The summed E-state index contributed by atoms with van der Waals surface area (Å²) >= 11 is 0. The third-order valence-electron chi connectivity index (χ3n) is 9.32. The minimum atomic E-state index is 0.111. The lowest BCUT2D eigenvalue weighted by Crippen LogP contribution is -2.52. The van der Waals surface area contributed by atoms with Gasteiger partial charge < -0.3 is 14.2 Å². The van der Waals surface area contributed by atoms with Gasteiger partial charge in [0.1, 0.15) is 11.4 Å². The number of aromatic nitrogens is 6. The molecule has 0 radical (unpaired) electrons. The van der Waals surface area contributed by atoms with Crippen molar-refractivity contribution in [2.24, 2.45) is 7.05 Å². The van der Waals surface area contributed by atoms with Crippen LogP contribution >= 0.6 is 0 Å². The van der Waals surface area contributed by atoms with E-state index >= 15 is 0 Å². The van der Waals surface area contributed by atoms with Crippen LogP contribution < -0.4 is 4.74 Å². The topological polar surface area (TPSA) is 94.2 Å². The summed E-state index contributed by atoms with van der Waals surface area (Å²) in [6.45, 7) is 12.0. The monoisotopic (exact) mass is 578 g/mol. The number of carbonyl (C=O) groups excluding carboxylic acids is 1. The van der Waals surface area contributed by atoms with E-state index in [1.54, 1.807) is 19.5 Å². The van der Waals surface area contributed by atoms with Crippen molar-refractivity contribution in [1.82, 2.24) is 39.1 Å². The lowest BCUT2D eigenvalue weighted by atomic mass is 10.0. The fourth-order valence-corrected chi connectivity index (χ4v) is 7.08. The van der Waals surface area contributed by atoms with Crippen LogP contribution in [-0.4, -0.2) is 84.3 Å². The van der Waals surface area contributed by atoms with Crippen LogP contribution in [0, 0.1) is 13.8 Å². The van der Waals surface area contributed by atoms with Gasteiger partial charge in [-0.25, -0.2) is 9.67 Å². The lowest BCUT2D eigenvalue weighted by Gasteiger charge is -2.37. The predicted octanol–water partition coefficient (Wildman–Crippen LogP) is 5.04. The molecule has 222 valence electrons. The maximum atomic E-state index is 14.1. The van der Waals surface area contributed by atoms with E-state index < -0.39 is 0 Å². The number of methoxy groups -OCH3 is 1. The van der Waals surface area contributed by atoms with E-state index in [1.165, 1.54) is 12.8 Å². The predicted molar refractivity (Wildman–Crippen MR) is 167 cm³/mol. The molecule has 10 nitrogen and oxygen atoms in total. The van der Waals surface area contributed by atoms with E-state index in [1.807, 2.05) is 37.0 Å². The second-order valence-corrected chi connectivity index (χ2v) is 12.2. The molecule has 1 amide bonds. The van der Waals surface area contributed by atoms with Crippen LogP contribution in [0.2, 0.25) is 0 Å². The average molecular weight is 579 g/mol. The maximum Gasteiger partial charge on any atom is 0.270 e. The Labute approximate surface area is 251 Å². The van der Waals surface area contributed by atoms with Gasteiger partial charge in [0.15, 0.2) is 5.82 Å². The zero-order valence-electron chi connectivity index (χ0n) is 25.8. The highest BCUT2D eigenvalue weighted by Gasteiger charge is 2.35. The van der Waals surface area contributed by atoms with Crippen molar-refractivity contribution >= 4 is 27.7 Å². The number of pyridine rings is 3. The molecule has 2 fully saturated rings. The molecule has 7 heterocycles. The smallest absolute Gasteiger partial charge is 0.270 e. The van der Waals surface area contributed by atoms with Gasteiger partial charge in [-0.2, -0.15) is 5.10 Å². The van der Waals surface area contributed by atoms with Crippen molar-refractivity contribution < 1.29 is 9.53 Å². The van der Waals surface area contributed by atoms with Crippen molar-refractivity contribution in [3.63, 3.8) is 0 Å². The third-order valence-corrected chi connectivity index (χ3v) is 9.32. The fourth-order valence-electron chi connectivity index (χ4n) is 7.08. The highest BCUT2D eigenvalue weighted by molar-refractivity contribution is 6.03. The zero-order chi connectivity index (χ0) is 30.0. The van der Waals surface area contributed by atoms with Gasteiger partial charge in [-0.15, -0.1) is 0 Å². The Morgan fingerprint density at radius 3 is 2.70 bits per heavy atom. The Kier molecular flexibility index (Phi) is 6.69. The number of nitrogens with zero attached hydrogens (tertiary/aromatic N) is 8. The van der Waals surface area contributed by atoms with Crippen LogP contribution in [-0.2, 0) is 7.05 Å². The Morgan fingerprint density at radius 1 is 1.07 bits per heavy atom. The first-order chi connectivity index (χ1) is 20.8. The molecule has 43 heavy (non-hydrogen) atoms. The van der Waals surface area contributed by atoms with Crippen LogP contribution in [0.5, 0.6) is 5.75 Å². The van der Waals surface area contributed by atoms with Gasteiger partial charge in [-0.05, 0) is 56.8 Å². The van der Waals surface area contributed by atoms with Crippen molar-refractivity contribution in [3.8, 4) is 22.8 Å². The Hall–Kier alpha value is -4.31. The van der Waals surface area contributed by atoms with Gasteiger partial charge in [0.05, 0.1) is 41.3 Å². The summed E-state index contributed by atoms with van der Waals surface area (Å²) < 4.78 is 9.54. The second-order valence-electron chi connectivity index (χ2n) is 12.2. The van der Waals surface area contributed by atoms with Crippen LogP contribution in [0.3, 0.4) is 0 Å². The molecule has 0 unspecified atom stereocenters. The fraction of sp³-hybridized carbons (Fsp3) is 0.424. The highest BCUT2D eigenvalue weighted by atomic mass is 16.5. The first-order valence-corrected chi connectivity index (χ1v) is 15.1. The summed E-state index contributed by atoms with van der Waals surface area (Å²) in [5, 5.41) is 6.79. The molecule has 0 saturated carbocycles. The number of hydrogen-bond donors (Lipinski definition) is 0. The number of piperazine rings is 1. The van der Waals surface area contributed by atoms with Crippen LogP contribution in [0.15, 0.2) is 36.8 Å². The molecule has 0 bridgehead atoms. The van der Waals surface area contributed by atoms with E-state index in [0.29, 0.717) is 17.6 Å². The standard InChI is InChI=1S/C33H38N8O2/c1-19(2)31-30-20(3)32(33(42)40-13-12-39-11-7-8-22(39)18-40)38(5)27(30)15-29(37-31)41-26-14-25(36-21(4)23(26)17-35-41)24-16-34-10-9-28(24)43-6/h9-10,14-17,19,22H,7-8,11-13,18H2,1-6H3/t22-/m0/s1. The van der Waals surface area contributed by atoms with Crippen molar-refractivity contribution in [3.05, 3.63) is 59.4 Å². The van der Waals surface area contributed by atoms with E-state index in [9.17, 15) is 4.79 Å². The third kappa shape index (κ3) is 4.38.